The molecular weight excluding hydrogens is 172 g/mol. The molecule has 0 amide bonds. The second kappa shape index (κ2) is 2.95. The molecule has 1 saturated heterocycles. The van der Waals surface area contributed by atoms with Crippen LogP contribution < -0.4 is 0 Å². The Morgan fingerprint density at radius 3 is 2.75 bits per heavy atom. The summed E-state index contributed by atoms with van der Waals surface area (Å²) in [6.07, 6.45) is 3.33. The number of methoxy groups -OCH3 is 1. The number of rotatable bonds is 2. The van der Waals surface area contributed by atoms with Gasteiger partial charge in [0.1, 0.15) is 0 Å². The largest absolute Gasteiger partial charge is 0.469 e. The molecule has 2 rings (SSSR count). The molecule has 0 N–H and O–H groups in total. The summed E-state index contributed by atoms with van der Waals surface area (Å²) >= 11 is 1.97. The molecule has 0 radical (unpaired) electrons. The van der Waals surface area contributed by atoms with Crippen molar-refractivity contribution in [3.8, 4) is 0 Å². The van der Waals surface area contributed by atoms with Crippen molar-refractivity contribution in [2.75, 3.05) is 18.6 Å². The van der Waals surface area contributed by atoms with E-state index in [-0.39, 0.29) is 11.4 Å². The first-order chi connectivity index (χ1) is 5.79. The number of carbonyl (C=O) groups is 1. The highest BCUT2D eigenvalue weighted by Crippen LogP contribution is 2.56. The van der Waals surface area contributed by atoms with E-state index in [1.165, 1.54) is 19.3 Å². The van der Waals surface area contributed by atoms with Gasteiger partial charge >= 0.3 is 5.97 Å². The molecule has 0 bridgehead atoms. The van der Waals surface area contributed by atoms with Crippen LogP contribution in [0.4, 0.5) is 0 Å². The van der Waals surface area contributed by atoms with E-state index in [2.05, 4.69) is 0 Å². The minimum absolute atomic E-state index is 0.0370. The zero-order valence-electron chi connectivity index (χ0n) is 7.34. The number of hydrogen-bond acceptors (Lipinski definition) is 3. The van der Waals surface area contributed by atoms with Gasteiger partial charge in [-0.15, -0.1) is 0 Å². The standard InChI is InChI=1S/C9H14O2S/c1-11-8(10)9(3-4-9)7-2-5-12-6-7/h7H,2-6H2,1H3. The maximum Gasteiger partial charge on any atom is 0.312 e. The van der Waals surface area contributed by atoms with Crippen molar-refractivity contribution in [2.24, 2.45) is 11.3 Å². The number of ether oxygens (including phenoxy) is 1. The molecule has 1 aliphatic heterocycles. The van der Waals surface area contributed by atoms with Crippen LogP contribution in [0, 0.1) is 11.3 Å². The Morgan fingerprint density at radius 1 is 1.58 bits per heavy atom. The molecule has 1 unspecified atom stereocenters. The molecule has 0 spiro atoms. The van der Waals surface area contributed by atoms with E-state index >= 15 is 0 Å². The van der Waals surface area contributed by atoms with E-state index in [9.17, 15) is 4.79 Å². The first-order valence-electron chi connectivity index (χ1n) is 4.46. The van der Waals surface area contributed by atoms with Crippen LogP contribution in [0.1, 0.15) is 19.3 Å². The minimum atomic E-state index is -0.0434. The third-order valence-corrected chi connectivity index (χ3v) is 4.25. The molecule has 0 aromatic carbocycles. The van der Waals surface area contributed by atoms with Gasteiger partial charge in [0.15, 0.2) is 0 Å². The van der Waals surface area contributed by atoms with Crippen molar-refractivity contribution in [1.29, 1.82) is 0 Å². The summed E-state index contributed by atoms with van der Waals surface area (Å²) in [4.78, 5) is 11.5. The molecule has 3 heteroatoms. The fraction of sp³-hybridized carbons (Fsp3) is 0.889. The number of thioether (sulfide) groups is 1. The molecule has 1 aliphatic carbocycles. The lowest BCUT2D eigenvalue weighted by Crippen LogP contribution is -2.26. The molecule has 0 aromatic heterocycles. The molecular formula is C9H14O2S. The quantitative estimate of drug-likeness (QED) is 0.614. The summed E-state index contributed by atoms with van der Waals surface area (Å²) in [7, 11) is 1.50. The van der Waals surface area contributed by atoms with Gasteiger partial charge in [0.05, 0.1) is 12.5 Å². The lowest BCUT2D eigenvalue weighted by atomic mass is 9.89. The van der Waals surface area contributed by atoms with Gasteiger partial charge in [0, 0.05) is 0 Å². The average Bonchev–Trinajstić information content (AvgIpc) is 2.73. The summed E-state index contributed by atoms with van der Waals surface area (Å²) in [6.45, 7) is 0. The van der Waals surface area contributed by atoms with Crippen LogP contribution >= 0.6 is 11.8 Å². The molecule has 0 aromatic rings. The summed E-state index contributed by atoms with van der Waals surface area (Å²) in [6, 6.07) is 0. The van der Waals surface area contributed by atoms with Crippen molar-refractivity contribution >= 4 is 17.7 Å². The van der Waals surface area contributed by atoms with E-state index in [1.54, 1.807) is 0 Å². The third-order valence-electron chi connectivity index (χ3n) is 3.09. The van der Waals surface area contributed by atoms with Gasteiger partial charge in [0.25, 0.3) is 0 Å². The molecule has 2 fully saturated rings. The lowest BCUT2D eigenvalue weighted by molar-refractivity contribution is -0.149. The highest BCUT2D eigenvalue weighted by atomic mass is 32.2. The number of hydrogen-bond donors (Lipinski definition) is 0. The molecule has 1 heterocycles. The zero-order valence-corrected chi connectivity index (χ0v) is 8.15. The third kappa shape index (κ3) is 1.15. The van der Waals surface area contributed by atoms with Crippen LogP contribution in [0.2, 0.25) is 0 Å². The molecule has 1 saturated carbocycles. The van der Waals surface area contributed by atoms with Crippen LogP contribution in [-0.2, 0) is 9.53 Å². The van der Waals surface area contributed by atoms with Crippen LogP contribution in [0.3, 0.4) is 0 Å². The maximum absolute atomic E-state index is 11.5. The van der Waals surface area contributed by atoms with Gasteiger partial charge in [0.2, 0.25) is 0 Å². The van der Waals surface area contributed by atoms with Crippen LogP contribution in [0.25, 0.3) is 0 Å². The Labute approximate surface area is 77.0 Å². The minimum Gasteiger partial charge on any atom is -0.469 e. The molecule has 12 heavy (non-hydrogen) atoms. The highest BCUT2D eigenvalue weighted by molar-refractivity contribution is 7.99. The van der Waals surface area contributed by atoms with E-state index < -0.39 is 0 Å². The van der Waals surface area contributed by atoms with Gasteiger partial charge < -0.3 is 4.74 Å². The lowest BCUT2D eigenvalue weighted by Gasteiger charge is -2.18. The van der Waals surface area contributed by atoms with Gasteiger partial charge in [-0.1, -0.05) is 0 Å². The Morgan fingerprint density at radius 2 is 2.33 bits per heavy atom. The first-order valence-corrected chi connectivity index (χ1v) is 5.61. The van der Waals surface area contributed by atoms with Crippen LogP contribution in [0.5, 0.6) is 0 Å². The summed E-state index contributed by atoms with van der Waals surface area (Å²) in [5.41, 5.74) is -0.0434. The fourth-order valence-corrected chi connectivity index (χ4v) is 3.48. The monoisotopic (exact) mass is 186 g/mol. The average molecular weight is 186 g/mol. The molecule has 1 atom stereocenters. The van der Waals surface area contributed by atoms with Crippen LogP contribution in [0.15, 0.2) is 0 Å². The summed E-state index contributed by atoms with van der Waals surface area (Å²) in [5.74, 6) is 3.03. The van der Waals surface area contributed by atoms with Crippen molar-refractivity contribution in [2.45, 2.75) is 19.3 Å². The highest BCUT2D eigenvalue weighted by Gasteiger charge is 2.56. The summed E-state index contributed by atoms with van der Waals surface area (Å²) in [5, 5.41) is 0. The molecule has 68 valence electrons. The first kappa shape index (κ1) is 8.42. The SMILES string of the molecule is COC(=O)C1(C2CCSC2)CC1. The smallest absolute Gasteiger partial charge is 0.312 e. The van der Waals surface area contributed by atoms with Crippen molar-refractivity contribution in [3.63, 3.8) is 0 Å². The Hall–Kier alpha value is -0.180. The summed E-state index contributed by atoms with van der Waals surface area (Å²) < 4.78 is 4.84. The molecule has 2 aliphatic rings. The van der Waals surface area contributed by atoms with E-state index in [4.69, 9.17) is 4.74 Å². The normalized spacial score (nSPS) is 31.6. The van der Waals surface area contributed by atoms with Gasteiger partial charge in [-0.2, -0.15) is 11.8 Å². The predicted octanol–water partition coefficient (Wildman–Crippen LogP) is 1.69. The van der Waals surface area contributed by atoms with Gasteiger partial charge in [-0.3, -0.25) is 4.79 Å². The van der Waals surface area contributed by atoms with Gasteiger partial charge in [-0.25, -0.2) is 0 Å². The Kier molecular flexibility index (Phi) is 2.07. The van der Waals surface area contributed by atoms with Gasteiger partial charge in [-0.05, 0) is 36.7 Å². The second-order valence-corrected chi connectivity index (χ2v) is 4.86. The van der Waals surface area contributed by atoms with Crippen molar-refractivity contribution in [1.82, 2.24) is 0 Å². The molecule has 2 nitrogen and oxygen atoms in total. The maximum atomic E-state index is 11.5. The van der Waals surface area contributed by atoms with E-state index in [1.807, 2.05) is 11.8 Å². The topological polar surface area (TPSA) is 26.3 Å². The number of carbonyl (C=O) groups excluding carboxylic acids is 1. The zero-order chi connectivity index (χ0) is 8.60. The van der Waals surface area contributed by atoms with Crippen molar-refractivity contribution in [3.05, 3.63) is 0 Å². The van der Waals surface area contributed by atoms with E-state index in [0.717, 1.165) is 18.6 Å². The predicted molar refractivity (Wildman–Crippen MR) is 49.1 cm³/mol. The van der Waals surface area contributed by atoms with Crippen LogP contribution in [-0.4, -0.2) is 24.6 Å². The van der Waals surface area contributed by atoms with E-state index in [0.29, 0.717) is 5.92 Å². The number of esters is 1. The van der Waals surface area contributed by atoms with Crippen molar-refractivity contribution < 1.29 is 9.53 Å². The Balaban J connectivity index is 2.05. The second-order valence-electron chi connectivity index (χ2n) is 3.71. The fourth-order valence-electron chi connectivity index (χ4n) is 2.09. The Bertz CT molecular complexity index is 193.